The lowest BCUT2D eigenvalue weighted by Gasteiger charge is -2.48. The van der Waals surface area contributed by atoms with E-state index in [0.717, 1.165) is 29.3 Å². The van der Waals surface area contributed by atoms with E-state index >= 15 is 0 Å². The number of nitrogens with two attached hydrogens (primary N) is 1. The van der Waals surface area contributed by atoms with Crippen LogP contribution in [-0.4, -0.2) is 5.54 Å². The highest BCUT2D eigenvalue weighted by Gasteiger charge is 2.43. The van der Waals surface area contributed by atoms with E-state index in [1.54, 1.807) is 0 Å². The summed E-state index contributed by atoms with van der Waals surface area (Å²) in [5.74, 6) is -0.157. The molecule has 1 aliphatic carbocycles. The molecule has 0 aromatic heterocycles. The van der Waals surface area contributed by atoms with Crippen molar-refractivity contribution in [3.8, 4) is 0 Å². The van der Waals surface area contributed by atoms with Crippen molar-refractivity contribution in [2.45, 2.75) is 51.5 Å². The van der Waals surface area contributed by atoms with Gasteiger partial charge in [0.2, 0.25) is 0 Å². The van der Waals surface area contributed by atoms with Gasteiger partial charge in [0.15, 0.2) is 0 Å². The molecule has 1 aliphatic rings. The number of hydrogen-bond donors (Lipinski definition) is 1. The highest BCUT2D eigenvalue weighted by molar-refractivity contribution is 9.10. The minimum Gasteiger partial charge on any atom is -0.324 e. The Morgan fingerprint density at radius 1 is 1.28 bits per heavy atom. The third-order valence-electron chi connectivity index (χ3n) is 4.54. The molecule has 0 saturated heterocycles. The lowest BCUT2D eigenvalue weighted by Crippen LogP contribution is -2.56. The van der Waals surface area contributed by atoms with Crippen molar-refractivity contribution in [3.63, 3.8) is 0 Å². The molecule has 1 saturated carbocycles. The number of benzene rings is 1. The molecule has 18 heavy (non-hydrogen) atoms. The molecular formula is C15H21BrFN. The van der Waals surface area contributed by atoms with Gasteiger partial charge in [0.05, 0.1) is 0 Å². The smallest absolute Gasteiger partial charge is 0.127 e. The average Bonchev–Trinajstić information content (AvgIpc) is 2.27. The Balaban J connectivity index is 2.26. The van der Waals surface area contributed by atoms with Gasteiger partial charge in [0.25, 0.3) is 0 Å². The summed E-state index contributed by atoms with van der Waals surface area (Å²) < 4.78 is 14.7. The molecule has 1 nitrogen and oxygen atoms in total. The van der Waals surface area contributed by atoms with Gasteiger partial charge in [-0.1, -0.05) is 48.7 Å². The lowest BCUT2D eigenvalue weighted by atomic mass is 9.61. The first kappa shape index (κ1) is 14.0. The fourth-order valence-electron chi connectivity index (χ4n) is 2.93. The van der Waals surface area contributed by atoms with Gasteiger partial charge in [0, 0.05) is 10.0 Å². The molecule has 2 N–H and O–H groups in total. The van der Waals surface area contributed by atoms with Crippen LogP contribution in [0.5, 0.6) is 0 Å². The molecule has 0 amide bonds. The molecule has 0 heterocycles. The largest absolute Gasteiger partial charge is 0.324 e. The van der Waals surface area contributed by atoms with Crippen LogP contribution in [0.3, 0.4) is 0 Å². The van der Waals surface area contributed by atoms with Crippen LogP contribution in [0, 0.1) is 11.2 Å². The number of halogens is 2. The summed E-state index contributed by atoms with van der Waals surface area (Å²) in [6.45, 7) is 4.42. The number of rotatable bonds is 2. The molecule has 2 rings (SSSR count). The molecule has 3 heteroatoms. The molecule has 0 radical (unpaired) electrons. The van der Waals surface area contributed by atoms with Crippen molar-refractivity contribution >= 4 is 15.9 Å². The van der Waals surface area contributed by atoms with Crippen LogP contribution in [0.1, 0.15) is 45.1 Å². The van der Waals surface area contributed by atoms with Crippen LogP contribution >= 0.6 is 15.9 Å². The first-order valence-electron chi connectivity index (χ1n) is 6.57. The number of hydrogen-bond acceptors (Lipinski definition) is 1. The molecular weight excluding hydrogens is 293 g/mol. The first-order valence-corrected chi connectivity index (χ1v) is 7.36. The summed E-state index contributed by atoms with van der Waals surface area (Å²) in [7, 11) is 0. The second kappa shape index (κ2) is 4.93. The molecule has 1 atom stereocenters. The van der Waals surface area contributed by atoms with E-state index in [-0.39, 0.29) is 16.8 Å². The summed E-state index contributed by atoms with van der Waals surface area (Å²) in [6, 6.07) is 5.25. The second-order valence-corrected chi connectivity index (χ2v) is 7.08. The fourth-order valence-corrected chi connectivity index (χ4v) is 3.26. The molecule has 100 valence electrons. The van der Waals surface area contributed by atoms with Crippen LogP contribution in [-0.2, 0) is 6.42 Å². The van der Waals surface area contributed by atoms with Crippen molar-refractivity contribution in [2.24, 2.45) is 11.1 Å². The standard InChI is InChI=1S/C15H21BrFN/c1-14(2)7-3-4-8-15(14,18)10-11-5-6-12(16)9-13(11)17/h5-6,9H,3-4,7-8,10,18H2,1-2H3. The highest BCUT2D eigenvalue weighted by Crippen LogP contribution is 2.44. The van der Waals surface area contributed by atoms with Crippen LogP contribution in [0.25, 0.3) is 0 Å². The van der Waals surface area contributed by atoms with E-state index in [1.165, 1.54) is 12.5 Å². The zero-order valence-corrected chi connectivity index (χ0v) is 12.7. The molecule has 1 aromatic carbocycles. The molecule has 1 unspecified atom stereocenters. The summed E-state index contributed by atoms with van der Waals surface area (Å²) in [5.41, 5.74) is 7.11. The quantitative estimate of drug-likeness (QED) is 0.859. The van der Waals surface area contributed by atoms with E-state index in [9.17, 15) is 4.39 Å². The Bertz CT molecular complexity index is 444. The van der Waals surface area contributed by atoms with Gasteiger partial charge in [0.1, 0.15) is 5.82 Å². The predicted molar refractivity (Wildman–Crippen MR) is 77.0 cm³/mol. The maximum absolute atomic E-state index is 13.9. The van der Waals surface area contributed by atoms with Gasteiger partial charge in [-0.2, -0.15) is 0 Å². The first-order chi connectivity index (χ1) is 8.34. The third-order valence-corrected chi connectivity index (χ3v) is 5.04. The molecule has 1 fully saturated rings. The zero-order chi connectivity index (χ0) is 13.4. The van der Waals surface area contributed by atoms with Gasteiger partial charge in [-0.15, -0.1) is 0 Å². The molecule has 0 spiro atoms. The normalized spacial score (nSPS) is 27.2. The van der Waals surface area contributed by atoms with Crippen molar-refractivity contribution in [1.29, 1.82) is 0 Å². The Morgan fingerprint density at radius 2 is 1.94 bits per heavy atom. The third kappa shape index (κ3) is 2.62. The summed E-state index contributed by atoms with van der Waals surface area (Å²) in [6.07, 6.45) is 5.11. The Hall–Kier alpha value is -0.410. The SMILES string of the molecule is CC1(C)CCCCC1(N)Cc1ccc(Br)cc1F. The molecule has 1 aromatic rings. The predicted octanol–water partition coefficient (Wildman–Crippen LogP) is 4.43. The monoisotopic (exact) mass is 313 g/mol. The van der Waals surface area contributed by atoms with Crippen molar-refractivity contribution in [2.75, 3.05) is 0 Å². The molecule has 0 bridgehead atoms. The van der Waals surface area contributed by atoms with Gasteiger partial charge in [-0.05, 0) is 42.4 Å². The lowest BCUT2D eigenvalue weighted by molar-refractivity contribution is 0.0982. The minimum absolute atomic E-state index is 0.0742. The summed E-state index contributed by atoms with van der Waals surface area (Å²) in [5, 5.41) is 0. The van der Waals surface area contributed by atoms with E-state index < -0.39 is 0 Å². The van der Waals surface area contributed by atoms with E-state index in [2.05, 4.69) is 29.8 Å². The average molecular weight is 314 g/mol. The minimum atomic E-state index is -0.292. The van der Waals surface area contributed by atoms with E-state index in [1.807, 2.05) is 12.1 Å². The fraction of sp³-hybridized carbons (Fsp3) is 0.600. The van der Waals surface area contributed by atoms with Crippen molar-refractivity contribution in [1.82, 2.24) is 0 Å². The maximum Gasteiger partial charge on any atom is 0.127 e. The summed E-state index contributed by atoms with van der Waals surface area (Å²) >= 11 is 3.29. The molecule has 0 aliphatic heterocycles. The van der Waals surface area contributed by atoms with Crippen molar-refractivity contribution < 1.29 is 4.39 Å². The maximum atomic E-state index is 13.9. The van der Waals surface area contributed by atoms with E-state index in [4.69, 9.17) is 5.73 Å². The van der Waals surface area contributed by atoms with E-state index in [0.29, 0.717) is 6.42 Å². The van der Waals surface area contributed by atoms with Gasteiger partial charge < -0.3 is 5.73 Å². The van der Waals surface area contributed by atoms with Crippen LogP contribution in [0.2, 0.25) is 0 Å². The van der Waals surface area contributed by atoms with Gasteiger partial charge >= 0.3 is 0 Å². The van der Waals surface area contributed by atoms with Gasteiger partial charge in [-0.3, -0.25) is 0 Å². The van der Waals surface area contributed by atoms with Crippen molar-refractivity contribution in [3.05, 3.63) is 34.1 Å². The zero-order valence-electron chi connectivity index (χ0n) is 11.1. The second-order valence-electron chi connectivity index (χ2n) is 6.16. The Kier molecular flexibility index (Phi) is 3.84. The summed E-state index contributed by atoms with van der Waals surface area (Å²) in [4.78, 5) is 0. The highest BCUT2D eigenvalue weighted by atomic mass is 79.9. The topological polar surface area (TPSA) is 26.0 Å². The Morgan fingerprint density at radius 3 is 2.56 bits per heavy atom. The van der Waals surface area contributed by atoms with Crippen LogP contribution in [0.4, 0.5) is 4.39 Å². The van der Waals surface area contributed by atoms with Gasteiger partial charge in [-0.25, -0.2) is 4.39 Å². The van der Waals surface area contributed by atoms with Crippen LogP contribution in [0.15, 0.2) is 22.7 Å². The van der Waals surface area contributed by atoms with Crippen LogP contribution < -0.4 is 5.73 Å². The Labute approximate surface area is 117 Å².